The third kappa shape index (κ3) is 6.71. The molecule has 31 heavy (non-hydrogen) atoms. The van der Waals surface area contributed by atoms with Gasteiger partial charge in [0.2, 0.25) is 5.91 Å². The van der Waals surface area contributed by atoms with Gasteiger partial charge in [0.25, 0.3) is 0 Å². The molecule has 0 unspecified atom stereocenters. The number of hydrogen-bond acceptors (Lipinski definition) is 6. The first kappa shape index (κ1) is 21.6. The quantitative estimate of drug-likeness (QED) is 0.334. The number of ether oxygens (including phenoxy) is 3. The summed E-state index contributed by atoms with van der Waals surface area (Å²) >= 11 is 0. The number of carbonyl (C=O) groups excluding carboxylic acids is 2. The van der Waals surface area contributed by atoms with Gasteiger partial charge in [0.15, 0.2) is 11.5 Å². The van der Waals surface area contributed by atoms with E-state index in [4.69, 9.17) is 14.2 Å². The highest BCUT2D eigenvalue weighted by Crippen LogP contribution is 2.28. The number of methoxy groups -OCH3 is 1. The molecule has 1 heterocycles. The van der Waals surface area contributed by atoms with Crippen LogP contribution in [0, 0.1) is 0 Å². The van der Waals surface area contributed by atoms with E-state index in [1.165, 1.54) is 20.1 Å². The van der Waals surface area contributed by atoms with Gasteiger partial charge >= 0.3 is 5.97 Å². The SMILES string of the molecule is COc1ccc(/C=C/C(=O)Nc2cccc(COc3ccncc3)c2)cc1OC(C)=O. The van der Waals surface area contributed by atoms with Gasteiger partial charge in [0.1, 0.15) is 12.4 Å². The van der Waals surface area contributed by atoms with Crippen molar-refractivity contribution in [3.05, 3.63) is 84.2 Å². The normalized spacial score (nSPS) is 10.5. The summed E-state index contributed by atoms with van der Waals surface area (Å²) in [6.45, 7) is 1.68. The molecule has 0 radical (unpaired) electrons. The fourth-order valence-electron chi connectivity index (χ4n) is 2.73. The predicted octanol–water partition coefficient (Wildman–Crippen LogP) is 4.25. The Bertz CT molecular complexity index is 1080. The first-order valence-corrected chi connectivity index (χ1v) is 9.51. The first-order valence-electron chi connectivity index (χ1n) is 9.51. The van der Waals surface area contributed by atoms with Crippen LogP contribution in [0.2, 0.25) is 0 Å². The Morgan fingerprint density at radius 3 is 2.58 bits per heavy atom. The summed E-state index contributed by atoms with van der Waals surface area (Å²) in [6.07, 6.45) is 6.35. The van der Waals surface area contributed by atoms with Crippen molar-refractivity contribution in [3.8, 4) is 17.2 Å². The third-order valence-corrected chi connectivity index (χ3v) is 4.12. The molecule has 7 nitrogen and oxygen atoms in total. The van der Waals surface area contributed by atoms with E-state index < -0.39 is 5.97 Å². The zero-order chi connectivity index (χ0) is 22.1. The highest BCUT2D eigenvalue weighted by atomic mass is 16.6. The molecule has 0 aliphatic rings. The van der Waals surface area contributed by atoms with Crippen LogP contribution < -0.4 is 19.5 Å². The smallest absolute Gasteiger partial charge is 0.308 e. The lowest BCUT2D eigenvalue weighted by atomic mass is 10.2. The number of rotatable bonds is 8. The second kappa shape index (κ2) is 10.6. The van der Waals surface area contributed by atoms with E-state index in [-0.39, 0.29) is 5.91 Å². The van der Waals surface area contributed by atoms with Gasteiger partial charge in [-0.25, -0.2) is 0 Å². The van der Waals surface area contributed by atoms with E-state index in [9.17, 15) is 9.59 Å². The van der Waals surface area contributed by atoms with Gasteiger partial charge in [-0.05, 0) is 53.6 Å². The average Bonchev–Trinajstić information content (AvgIpc) is 2.77. The summed E-state index contributed by atoms with van der Waals surface area (Å²) in [7, 11) is 1.49. The van der Waals surface area contributed by atoms with Crippen molar-refractivity contribution in [1.29, 1.82) is 0 Å². The summed E-state index contributed by atoms with van der Waals surface area (Å²) in [6, 6.07) is 16.0. The molecule has 158 valence electrons. The standard InChI is InChI=1S/C24H22N2O5/c1-17(27)31-23-15-18(6-8-22(23)29-2)7-9-24(28)26-20-5-3-4-19(14-20)16-30-21-10-12-25-13-11-21/h3-15H,16H2,1-2H3,(H,26,28)/b9-7+. The number of amides is 1. The van der Waals surface area contributed by atoms with Crippen molar-refractivity contribution in [2.24, 2.45) is 0 Å². The van der Waals surface area contributed by atoms with Crippen molar-refractivity contribution < 1.29 is 23.8 Å². The molecule has 1 N–H and O–H groups in total. The Morgan fingerprint density at radius 1 is 1.03 bits per heavy atom. The molecule has 0 aliphatic heterocycles. The van der Waals surface area contributed by atoms with Gasteiger partial charge < -0.3 is 19.5 Å². The van der Waals surface area contributed by atoms with E-state index >= 15 is 0 Å². The second-order valence-corrected chi connectivity index (χ2v) is 6.50. The van der Waals surface area contributed by atoms with Crippen LogP contribution in [0.4, 0.5) is 5.69 Å². The van der Waals surface area contributed by atoms with Gasteiger partial charge in [-0.2, -0.15) is 0 Å². The van der Waals surface area contributed by atoms with Gasteiger partial charge in [-0.1, -0.05) is 18.2 Å². The van der Waals surface area contributed by atoms with Crippen molar-refractivity contribution in [1.82, 2.24) is 4.98 Å². The van der Waals surface area contributed by atoms with E-state index in [1.807, 2.05) is 18.2 Å². The number of anilines is 1. The number of carbonyl (C=O) groups is 2. The molecule has 2 aromatic carbocycles. The largest absolute Gasteiger partial charge is 0.493 e. The second-order valence-electron chi connectivity index (χ2n) is 6.50. The van der Waals surface area contributed by atoms with Gasteiger partial charge in [-0.3, -0.25) is 14.6 Å². The lowest BCUT2D eigenvalue weighted by Crippen LogP contribution is -2.08. The maximum absolute atomic E-state index is 12.3. The Balaban J connectivity index is 1.61. The summed E-state index contributed by atoms with van der Waals surface area (Å²) in [5, 5.41) is 2.82. The first-order chi connectivity index (χ1) is 15.0. The number of aromatic nitrogens is 1. The minimum atomic E-state index is -0.454. The average molecular weight is 418 g/mol. The maximum Gasteiger partial charge on any atom is 0.308 e. The Labute approximate surface area is 180 Å². The molecule has 1 amide bonds. The van der Waals surface area contributed by atoms with Gasteiger partial charge in [0.05, 0.1) is 7.11 Å². The molecule has 0 bridgehead atoms. The molecule has 0 atom stereocenters. The summed E-state index contributed by atoms with van der Waals surface area (Å²) in [5.74, 6) is 0.698. The van der Waals surface area contributed by atoms with Crippen LogP contribution in [0.25, 0.3) is 6.08 Å². The minimum absolute atomic E-state index is 0.291. The van der Waals surface area contributed by atoms with Crippen LogP contribution in [-0.2, 0) is 16.2 Å². The molecule has 0 spiro atoms. The lowest BCUT2D eigenvalue weighted by Gasteiger charge is -2.09. The monoisotopic (exact) mass is 418 g/mol. The molecule has 0 saturated heterocycles. The van der Waals surface area contributed by atoms with Crippen LogP contribution in [0.1, 0.15) is 18.1 Å². The van der Waals surface area contributed by atoms with Crippen LogP contribution in [0.5, 0.6) is 17.2 Å². The summed E-state index contributed by atoms with van der Waals surface area (Å²) in [5.41, 5.74) is 2.26. The molecule has 0 aliphatic carbocycles. The predicted molar refractivity (Wildman–Crippen MR) is 117 cm³/mol. The third-order valence-electron chi connectivity index (χ3n) is 4.12. The summed E-state index contributed by atoms with van der Waals surface area (Å²) < 4.78 is 16.0. The van der Waals surface area contributed by atoms with Crippen molar-refractivity contribution >= 4 is 23.6 Å². The highest BCUT2D eigenvalue weighted by Gasteiger charge is 2.07. The van der Waals surface area contributed by atoms with E-state index in [0.717, 1.165) is 11.3 Å². The molecule has 1 aromatic heterocycles. The lowest BCUT2D eigenvalue weighted by molar-refractivity contribution is -0.132. The Kier molecular flexibility index (Phi) is 7.37. The molecule has 7 heteroatoms. The number of hydrogen-bond donors (Lipinski definition) is 1. The number of esters is 1. The van der Waals surface area contributed by atoms with Crippen LogP contribution in [-0.4, -0.2) is 24.0 Å². The van der Waals surface area contributed by atoms with Crippen LogP contribution in [0.3, 0.4) is 0 Å². The number of benzene rings is 2. The zero-order valence-electron chi connectivity index (χ0n) is 17.2. The number of pyridine rings is 1. The Hall–Kier alpha value is -4.13. The fraction of sp³-hybridized carbons (Fsp3) is 0.125. The molecule has 0 fully saturated rings. The van der Waals surface area contributed by atoms with E-state index in [2.05, 4.69) is 10.3 Å². The fourth-order valence-corrected chi connectivity index (χ4v) is 2.73. The Morgan fingerprint density at radius 2 is 1.84 bits per heavy atom. The van der Waals surface area contributed by atoms with E-state index in [1.54, 1.807) is 54.9 Å². The van der Waals surface area contributed by atoms with Gasteiger partial charge in [-0.15, -0.1) is 0 Å². The van der Waals surface area contributed by atoms with Gasteiger partial charge in [0, 0.05) is 31.1 Å². The number of nitrogens with zero attached hydrogens (tertiary/aromatic N) is 1. The summed E-state index contributed by atoms with van der Waals surface area (Å²) in [4.78, 5) is 27.5. The van der Waals surface area contributed by atoms with Crippen molar-refractivity contribution in [3.63, 3.8) is 0 Å². The molecule has 3 rings (SSSR count). The molecular weight excluding hydrogens is 396 g/mol. The molecule has 0 saturated carbocycles. The van der Waals surface area contributed by atoms with Crippen LogP contribution >= 0.6 is 0 Å². The molecule has 3 aromatic rings. The topological polar surface area (TPSA) is 86.8 Å². The highest BCUT2D eigenvalue weighted by molar-refractivity contribution is 6.02. The van der Waals surface area contributed by atoms with E-state index in [0.29, 0.717) is 29.4 Å². The van der Waals surface area contributed by atoms with Crippen molar-refractivity contribution in [2.45, 2.75) is 13.5 Å². The molecular formula is C24H22N2O5. The minimum Gasteiger partial charge on any atom is -0.493 e. The maximum atomic E-state index is 12.3. The van der Waals surface area contributed by atoms with Crippen LogP contribution in [0.15, 0.2) is 73.1 Å². The van der Waals surface area contributed by atoms with Crippen molar-refractivity contribution in [2.75, 3.05) is 12.4 Å². The zero-order valence-corrected chi connectivity index (χ0v) is 17.2. The number of nitrogens with one attached hydrogen (secondary N) is 1.